The van der Waals surface area contributed by atoms with Crippen LogP contribution in [0.15, 0.2) is 40.8 Å². The zero-order valence-electron chi connectivity index (χ0n) is 20.5. The lowest BCUT2D eigenvalue weighted by Gasteiger charge is -2.23. The van der Waals surface area contributed by atoms with E-state index >= 15 is 0 Å². The summed E-state index contributed by atoms with van der Waals surface area (Å²) in [5, 5.41) is 0.686. The third-order valence-electron chi connectivity index (χ3n) is 6.84. The van der Waals surface area contributed by atoms with Crippen LogP contribution in [0, 0.1) is 0 Å². The molecule has 1 aliphatic heterocycles. The number of nitrogens with zero attached hydrogens (tertiary/aromatic N) is 2. The van der Waals surface area contributed by atoms with Gasteiger partial charge in [0.15, 0.2) is 5.58 Å². The Balaban J connectivity index is 1.20. The second kappa shape index (κ2) is 12.4. The first-order valence-corrected chi connectivity index (χ1v) is 13.6. The molecule has 0 unspecified atom stereocenters. The summed E-state index contributed by atoms with van der Waals surface area (Å²) in [4.78, 5) is 19.4. The molecule has 5 heteroatoms. The molecular weight excluding hydrogens is 444 g/mol. The number of unbranched alkanes of at least 4 members (excludes halogenated alkanes) is 12. The molecule has 0 radical (unpaired) electrons. The second-order valence-electron chi connectivity index (χ2n) is 9.53. The summed E-state index contributed by atoms with van der Waals surface area (Å²) in [5.41, 5.74) is 4.29. The van der Waals surface area contributed by atoms with E-state index in [1.807, 2.05) is 36.4 Å². The Morgan fingerprint density at radius 1 is 0.824 bits per heavy atom. The first kappa shape index (κ1) is 24.8. The average Bonchev–Trinajstić information content (AvgIpc) is 3.11. The number of halogens is 1. The zero-order chi connectivity index (χ0) is 23.8. The SMILES string of the molecule is CCCCCCCCCCCCCCCC(=O)N1c2nc3c(-c4ccc(Cl)cc4)c1ccc3o2. The van der Waals surface area contributed by atoms with E-state index in [2.05, 4.69) is 11.9 Å². The van der Waals surface area contributed by atoms with Gasteiger partial charge in [0.1, 0.15) is 5.52 Å². The van der Waals surface area contributed by atoms with Crippen molar-refractivity contribution in [3.63, 3.8) is 0 Å². The molecule has 3 bridgehead atoms. The van der Waals surface area contributed by atoms with Gasteiger partial charge in [-0.25, -0.2) is 4.90 Å². The lowest BCUT2D eigenvalue weighted by molar-refractivity contribution is -0.118. The molecule has 4 rings (SSSR count). The minimum atomic E-state index is 0.0511. The molecule has 0 atom stereocenters. The number of oxazole rings is 1. The van der Waals surface area contributed by atoms with E-state index in [4.69, 9.17) is 16.0 Å². The molecule has 2 heterocycles. The molecule has 0 fully saturated rings. The summed E-state index contributed by atoms with van der Waals surface area (Å²) < 4.78 is 5.88. The molecule has 1 aromatic heterocycles. The van der Waals surface area contributed by atoms with Gasteiger partial charge in [-0.1, -0.05) is 108 Å². The van der Waals surface area contributed by atoms with Crippen LogP contribution >= 0.6 is 11.6 Å². The third kappa shape index (κ3) is 6.02. The van der Waals surface area contributed by atoms with Gasteiger partial charge >= 0.3 is 6.01 Å². The Morgan fingerprint density at radius 3 is 2.03 bits per heavy atom. The number of benzene rings is 2. The van der Waals surface area contributed by atoms with Crippen molar-refractivity contribution in [3.8, 4) is 11.1 Å². The number of carbonyl (C=O) groups excluding carboxylic acids is 1. The van der Waals surface area contributed by atoms with Crippen molar-refractivity contribution >= 4 is 40.3 Å². The van der Waals surface area contributed by atoms with Crippen molar-refractivity contribution in [3.05, 3.63) is 41.4 Å². The summed E-state index contributed by atoms with van der Waals surface area (Å²) in [7, 11) is 0. The number of anilines is 2. The number of hydrogen-bond donors (Lipinski definition) is 0. The summed E-state index contributed by atoms with van der Waals surface area (Å²) >= 11 is 6.07. The summed E-state index contributed by atoms with van der Waals surface area (Å²) in [6, 6.07) is 11.9. The molecule has 1 amide bonds. The Hall–Kier alpha value is -2.33. The van der Waals surface area contributed by atoms with Crippen LogP contribution in [-0.4, -0.2) is 10.9 Å². The number of hydrogen-bond acceptors (Lipinski definition) is 3. The molecule has 0 spiro atoms. The lowest BCUT2D eigenvalue weighted by Crippen LogP contribution is -2.27. The van der Waals surface area contributed by atoms with E-state index < -0.39 is 0 Å². The topological polar surface area (TPSA) is 46.3 Å². The standard InChI is InChI=1S/C29H37ClN2O2/c1-2-3-4-5-6-7-8-9-10-11-12-13-14-15-26(33)32-24-20-21-25-28(31-29(32)34-25)27(24)22-16-18-23(30)19-17-22/h16-21H,2-15H2,1H3. The van der Waals surface area contributed by atoms with Gasteiger partial charge < -0.3 is 4.42 Å². The van der Waals surface area contributed by atoms with E-state index in [9.17, 15) is 4.79 Å². The van der Waals surface area contributed by atoms with Crippen LogP contribution in [0.2, 0.25) is 5.02 Å². The van der Waals surface area contributed by atoms with Crippen LogP contribution in [-0.2, 0) is 4.79 Å². The number of rotatable bonds is 15. The van der Waals surface area contributed by atoms with Gasteiger partial charge in [0.25, 0.3) is 0 Å². The minimum Gasteiger partial charge on any atom is -0.423 e. The highest BCUT2D eigenvalue weighted by molar-refractivity contribution is 6.30. The minimum absolute atomic E-state index is 0.0511. The zero-order valence-corrected chi connectivity index (χ0v) is 21.2. The highest BCUT2D eigenvalue weighted by Crippen LogP contribution is 2.46. The molecule has 3 aromatic rings. The largest absolute Gasteiger partial charge is 0.423 e. The molecule has 0 saturated carbocycles. The Labute approximate surface area is 208 Å². The maximum absolute atomic E-state index is 13.2. The van der Waals surface area contributed by atoms with E-state index in [1.54, 1.807) is 4.90 Å². The van der Waals surface area contributed by atoms with Crippen molar-refractivity contribution in [1.29, 1.82) is 0 Å². The van der Waals surface area contributed by atoms with E-state index in [1.165, 1.54) is 70.6 Å². The van der Waals surface area contributed by atoms with E-state index in [0.717, 1.165) is 35.2 Å². The maximum atomic E-state index is 13.2. The third-order valence-corrected chi connectivity index (χ3v) is 7.09. The van der Waals surface area contributed by atoms with Crippen molar-refractivity contribution in [2.75, 3.05) is 4.90 Å². The summed E-state index contributed by atoms with van der Waals surface area (Å²) in [5.74, 6) is 0.0511. The smallest absolute Gasteiger partial charge is 0.310 e. The second-order valence-corrected chi connectivity index (χ2v) is 9.97. The molecule has 0 N–H and O–H groups in total. The summed E-state index contributed by atoms with van der Waals surface area (Å²) in [6.45, 7) is 2.27. The van der Waals surface area contributed by atoms with Crippen LogP contribution in [0.1, 0.15) is 96.8 Å². The number of amides is 1. The van der Waals surface area contributed by atoms with Gasteiger partial charge in [-0.2, -0.15) is 4.98 Å². The van der Waals surface area contributed by atoms with E-state index in [-0.39, 0.29) is 5.91 Å². The maximum Gasteiger partial charge on any atom is 0.310 e. The number of carbonyl (C=O) groups is 1. The van der Waals surface area contributed by atoms with Crippen LogP contribution in [0.4, 0.5) is 11.7 Å². The van der Waals surface area contributed by atoms with Gasteiger partial charge in [0.2, 0.25) is 5.91 Å². The quantitative estimate of drug-likeness (QED) is 0.203. The predicted molar refractivity (Wildman–Crippen MR) is 142 cm³/mol. The first-order chi connectivity index (χ1) is 16.7. The fourth-order valence-corrected chi connectivity index (χ4v) is 5.03. The molecule has 2 aromatic carbocycles. The number of aromatic nitrogens is 1. The predicted octanol–water partition coefficient (Wildman–Crippen LogP) is 9.61. The monoisotopic (exact) mass is 480 g/mol. The molecule has 34 heavy (non-hydrogen) atoms. The van der Waals surface area contributed by atoms with Crippen molar-refractivity contribution in [1.82, 2.24) is 4.98 Å². The normalized spacial score (nSPS) is 12.4. The molecular formula is C29H37ClN2O2. The van der Waals surface area contributed by atoms with Gasteiger partial charge in [0, 0.05) is 17.0 Å². The van der Waals surface area contributed by atoms with E-state index in [0.29, 0.717) is 23.0 Å². The molecule has 182 valence electrons. The summed E-state index contributed by atoms with van der Waals surface area (Å²) in [6.07, 6.45) is 17.3. The number of fused-ring (bicyclic) bond motifs is 2. The Morgan fingerprint density at radius 2 is 1.41 bits per heavy atom. The van der Waals surface area contributed by atoms with Crippen molar-refractivity contribution < 1.29 is 9.21 Å². The van der Waals surface area contributed by atoms with Crippen LogP contribution in [0.25, 0.3) is 22.2 Å². The lowest BCUT2D eigenvalue weighted by atomic mass is 10.00. The van der Waals surface area contributed by atoms with Crippen LogP contribution in [0.3, 0.4) is 0 Å². The van der Waals surface area contributed by atoms with Crippen molar-refractivity contribution in [2.45, 2.75) is 96.8 Å². The highest BCUT2D eigenvalue weighted by Gasteiger charge is 2.32. The Bertz CT molecular complexity index is 1070. The van der Waals surface area contributed by atoms with Gasteiger partial charge in [-0.05, 0) is 36.2 Å². The van der Waals surface area contributed by atoms with Crippen LogP contribution < -0.4 is 4.90 Å². The molecule has 0 aliphatic carbocycles. The fraction of sp³-hybridized carbons (Fsp3) is 0.517. The highest BCUT2D eigenvalue weighted by atomic mass is 35.5. The first-order valence-electron chi connectivity index (χ1n) is 13.2. The fourth-order valence-electron chi connectivity index (χ4n) is 4.90. The average molecular weight is 481 g/mol. The Kier molecular flexibility index (Phi) is 9.04. The molecule has 1 aliphatic rings. The van der Waals surface area contributed by atoms with Gasteiger partial charge in [0.05, 0.1) is 5.69 Å². The van der Waals surface area contributed by atoms with Gasteiger partial charge in [-0.15, -0.1) is 0 Å². The van der Waals surface area contributed by atoms with Gasteiger partial charge in [-0.3, -0.25) is 4.79 Å². The molecule has 0 saturated heterocycles. The molecule has 4 nitrogen and oxygen atoms in total. The van der Waals surface area contributed by atoms with Crippen molar-refractivity contribution in [2.24, 2.45) is 0 Å². The van der Waals surface area contributed by atoms with Crippen LogP contribution in [0.5, 0.6) is 0 Å².